The standard InChI is InChI=1S/C27H23N3O6/c1-15(2)30-26(32)18-10-5-4-9-17(18)25(29-30)27(33)35-14-24(31)28-20-13-22-19(12-23(20)34-3)16-8-6-7-11-21(16)36-22/h4-13,15H,14H2,1-3H3,(H,28,31). The number of hydrogen-bond acceptors (Lipinski definition) is 7. The van der Waals surface area contributed by atoms with Crippen LogP contribution in [0.1, 0.15) is 30.4 Å². The summed E-state index contributed by atoms with van der Waals surface area (Å²) in [6.07, 6.45) is 0. The first-order valence-electron chi connectivity index (χ1n) is 11.3. The minimum absolute atomic E-state index is 0.0343. The van der Waals surface area contributed by atoms with Gasteiger partial charge in [0, 0.05) is 22.2 Å². The van der Waals surface area contributed by atoms with Crippen molar-refractivity contribution >= 4 is 50.3 Å². The number of hydrogen-bond donors (Lipinski definition) is 1. The zero-order valence-corrected chi connectivity index (χ0v) is 19.9. The number of nitrogens with one attached hydrogen (secondary N) is 1. The van der Waals surface area contributed by atoms with Gasteiger partial charge in [-0.3, -0.25) is 9.59 Å². The van der Waals surface area contributed by atoms with Gasteiger partial charge in [0.05, 0.1) is 24.2 Å². The molecule has 0 aliphatic rings. The predicted molar refractivity (Wildman–Crippen MR) is 136 cm³/mol. The number of esters is 1. The van der Waals surface area contributed by atoms with Crippen molar-refractivity contribution in [2.24, 2.45) is 0 Å². The van der Waals surface area contributed by atoms with Crippen molar-refractivity contribution < 1.29 is 23.5 Å². The second-order valence-corrected chi connectivity index (χ2v) is 8.51. The van der Waals surface area contributed by atoms with E-state index in [2.05, 4.69) is 10.4 Å². The van der Waals surface area contributed by atoms with Gasteiger partial charge in [-0.25, -0.2) is 9.48 Å². The van der Waals surface area contributed by atoms with E-state index in [-0.39, 0.29) is 17.3 Å². The molecule has 182 valence electrons. The topological polar surface area (TPSA) is 113 Å². The van der Waals surface area contributed by atoms with Crippen molar-refractivity contribution in [3.63, 3.8) is 0 Å². The molecule has 0 saturated carbocycles. The quantitative estimate of drug-likeness (QED) is 0.348. The molecule has 3 aromatic carbocycles. The van der Waals surface area contributed by atoms with Crippen LogP contribution in [0, 0.1) is 0 Å². The highest BCUT2D eigenvalue weighted by atomic mass is 16.5. The number of aromatic nitrogens is 2. The van der Waals surface area contributed by atoms with Gasteiger partial charge in [-0.2, -0.15) is 5.10 Å². The van der Waals surface area contributed by atoms with Gasteiger partial charge in [0.2, 0.25) is 0 Å². The third-order valence-electron chi connectivity index (χ3n) is 5.82. The highest BCUT2D eigenvalue weighted by Gasteiger charge is 2.21. The zero-order chi connectivity index (χ0) is 25.4. The fraction of sp³-hybridized carbons (Fsp3) is 0.185. The van der Waals surface area contributed by atoms with Gasteiger partial charge in [0.15, 0.2) is 12.3 Å². The average molecular weight is 485 g/mol. The van der Waals surface area contributed by atoms with Gasteiger partial charge in [0.25, 0.3) is 11.5 Å². The molecular weight excluding hydrogens is 462 g/mol. The lowest BCUT2D eigenvalue weighted by molar-refractivity contribution is -0.119. The van der Waals surface area contributed by atoms with E-state index in [0.29, 0.717) is 27.8 Å². The summed E-state index contributed by atoms with van der Waals surface area (Å²) >= 11 is 0. The minimum Gasteiger partial charge on any atom is -0.495 e. The Morgan fingerprint density at radius 1 is 0.972 bits per heavy atom. The molecule has 0 saturated heterocycles. The van der Waals surface area contributed by atoms with Crippen molar-refractivity contribution in [1.82, 2.24) is 9.78 Å². The number of amides is 1. The molecule has 0 fully saturated rings. The van der Waals surface area contributed by atoms with Crippen molar-refractivity contribution in [2.75, 3.05) is 19.0 Å². The summed E-state index contributed by atoms with van der Waals surface area (Å²) in [4.78, 5) is 38.2. The molecule has 0 radical (unpaired) electrons. The lowest BCUT2D eigenvalue weighted by Crippen LogP contribution is -2.28. The fourth-order valence-corrected chi connectivity index (χ4v) is 4.11. The van der Waals surface area contributed by atoms with Gasteiger partial charge in [-0.1, -0.05) is 36.4 Å². The van der Waals surface area contributed by atoms with Crippen molar-refractivity contribution in [3.8, 4) is 5.75 Å². The Hall–Kier alpha value is -4.66. The predicted octanol–water partition coefficient (Wildman–Crippen LogP) is 4.68. The molecule has 0 unspecified atom stereocenters. The van der Waals surface area contributed by atoms with E-state index in [1.807, 2.05) is 24.3 Å². The number of anilines is 1. The van der Waals surface area contributed by atoms with Crippen LogP contribution in [-0.4, -0.2) is 35.4 Å². The Bertz CT molecular complexity index is 1700. The number of rotatable bonds is 6. The number of carbonyl (C=O) groups is 2. The van der Waals surface area contributed by atoms with Crippen LogP contribution < -0.4 is 15.6 Å². The lowest BCUT2D eigenvalue weighted by Gasteiger charge is -2.13. The van der Waals surface area contributed by atoms with E-state index >= 15 is 0 Å². The van der Waals surface area contributed by atoms with Crippen LogP contribution >= 0.6 is 0 Å². The smallest absolute Gasteiger partial charge is 0.359 e. The number of nitrogens with zero attached hydrogens (tertiary/aromatic N) is 2. The molecular formula is C27H23N3O6. The number of methoxy groups -OCH3 is 1. The summed E-state index contributed by atoms with van der Waals surface area (Å²) in [7, 11) is 1.50. The number of para-hydroxylation sites is 1. The third kappa shape index (κ3) is 4.04. The fourth-order valence-electron chi connectivity index (χ4n) is 4.11. The van der Waals surface area contributed by atoms with E-state index in [4.69, 9.17) is 13.9 Å². The Morgan fingerprint density at radius 3 is 2.39 bits per heavy atom. The summed E-state index contributed by atoms with van der Waals surface area (Å²) < 4.78 is 17.8. The molecule has 2 heterocycles. The van der Waals surface area contributed by atoms with E-state index in [0.717, 1.165) is 16.4 Å². The van der Waals surface area contributed by atoms with Crippen LogP contribution in [-0.2, 0) is 9.53 Å². The summed E-state index contributed by atoms with van der Waals surface area (Å²) in [5, 5.41) is 9.41. The van der Waals surface area contributed by atoms with Crippen molar-refractivity contribution in [2.45, 2.75) is 19.9 Å². The summed E-state index contributed by atoms with van der Waals surface area (Å²) in [5.74, 6) is -0.945. The van der Waals surface area contributed by atoms with Crippen LogP contribution in [0.3, 0.4) is 0 Å². The number of benzene rings is 3. The average Bonchev–Trinajstić information content (AvgIpc) is 3.24. The molecule has 36 heavy (non-hydrogen) atoms. The van der Waals surface area contributed by atoms with E-state index in [1.165, 1.54) is 11.8 Å². The molecule has 9 heteroatoms. The van der Waals surface area contributed by atoms with Crippen LogP contribution in [0.15, 0.2) is 69.9 Å². The Morgan fingerprint density at radius 2 is 1.67 bits per heavy atom. The maximum Gasteiger partial charge on any atom is 0.359 e. The lowest BCUT2D eigenvalue weighted by atomic mass is 10.1. The first-order valence-corrected chi connectivity index (χ1v) is 11.3. The Balaban J connectivity index is 1.38. The maximum absolute atomic E-state index is 12.9. The monoisotopic (exact) mass is 485 g/mol. The number of ether oxygens (including phenoxy) is 2. The van der Waals surface area contributed by atoms with Crippen molar-refractivity contribution in [3.05, 3.63) is 76.7 Å². The third-order valence-corrected chi connectivity index (χ3v) is 5.82. The SMILES string of the molecule is COc1cc2c(cc1NC(=O)COC(=O)c1nn(C(C)C)c(=O)c3ccccc13)oc1ccccc12. The van der Waals surface area contributed by atoms with Crippen LogP contribution in [0.4, 0.5) is 5.69 Å². The zero-order valence-electron chi connectivity index (χ0n) is 19.9. The highest BCUT2D eigenvalue weighted by Crippen LogP contribution is 2.36. The second kappa shape index (κ2) is 9.18. The van der Waals surface area contributed by atoms with Crippen molar-refractivity contribution in [1.29, 1.82) is 0 Å². The van der Waals surface area contributed by atoms with Gasteiger partial charge < -0.3 is 19.2 Å². The second-order valence-electron chi connectivity index (χ2n) is 8.51. The molecule has 0 aliphatic carbocycles. The van der Waals surface area contributed by atoms with E-state index in [9.17, 15) is 14.4 Å². The molecule has 1 amide bonds. The molecule has 0 spiro atoms. The summed E-state index contributed by atoms with van der Waals surface area (Å²) in [5.41, 5.74) is 1.34. The molecule has 5 rings (SSSR count). The van der Waals surface area contributed by atoms with Gasteiger partial charge >= 0.3 is 5.97 Å². The van der Waals surface area contributed by atoms with Gasteiger partial charge in [-0.05, 0) is 32.0 Å². The van der Waals surface area contributed by atoms with Gasteiger partial charge in [-0.15, -0.1) is 0 Å². The largest absolute Gasteiger partial charge is 0.495 e. The molecule has 0 bridgehead atoms. The highest BCUT2D eigenvalue weighted by molar-refractivity contribution is 6.08. The minimum atomic E-state index is -0.810. The number of furan rings is 1. The summed E-state index contributed by atoms with van der Waals surface area (Å²) in [6, 6.07) is 17.5. The summed E-state index contributed by atoms with van der Waals surface area (Å²) in [6.45, 7) is 3.02. The molecule has 5 aromatic rings. The Labute approximate surface area is 205 Å². The van der Waals surface area contributed by atoms with E-state index < -0.39 is 18.5 Å². The molecule has 9 nitrogen and oxygen atoms in total. The Kier molecular flexibility index (Phi) is 5.89. The number of carbonyl (C=O) groups excluding carboxylic acids is 2. The molecule has 0 atom stereocenters. The number of fused-ring (bicyclic) bond motifs is 4. The first-order chi connectivity index (χ1) is 17.4. The van der Waals surface area contributed by atoms with Crippen LogP contribution in [0.5, 0.6) is 5.75 Å². The van der Waals surface area contributed by atoms with Gasteiger partial charge in [0.1, 0.15) is 16.9 Å². The molecule has 2 aromatic heterocycles. The van der Waals surface area contributed by atoms with E-state index in [1.54, 1.807) is 50.2 Å². The van der Waals surface area contributed by atoms with Crippen LogP contribution in [0.25, 0.3) is 32.7 Å². The normalized spacial score (nSPS) is 11.3. The molecule has 1 N–H and O–H groups in total. The first kappa shape index (κ1) is 23.1. The molecule has 0 aliphatic heterocycles. The van der Waals surface area contributed by atoms with Crippen LogP contribution in [0.2, 0.25) is 0 Å². The maximum atomic E-state index is 12.9.